The van der Waals surface area contributed by atoms with E-state index in [1.807, 2.05) is 24.3 Å². The number of halogens is 1. The van der Waals surface area contributed by atoms with Gasteiger partial charge in [-0.05, 0) is 65.3 Å². The molecule has 0 aliphatic carbocycles. The second-order valence-corrected chi connectivity index (χ2v) is 7.41. The second kappa shape index (κ2) is 6.25. The lowest BCUT2D eigenvalue weighted by atomic mass is 9.96. The number of rotatable bonds is 2. The SMILES string of the molecule is O=C1c2ccccc2C(=O)N1N1C(=O)CCCC1c1ccc(I)cc1. The first-order valence-corrected chi connectivity index (χ1v) is 9.21. The Hall–Kier alpha value is -2.22. The predicted octanol–water partition coefficient (Wildman–Crippen LogP) is 3.56. The van der Waals surface area contributed by atoms with Crippen LogP contribution in [0.4, 0.5) is 0 Å². The fraction of sp³-hybridized carbons (Fsp3) is 0.211. The first-order chi connectivity index (χ1) is 12.1. The van der Waals surface area contributed by atoms with Gasteiger partial charge in [0.1, 0.15) is 0 Å². The Labute approximate surface area is 158 Å². The van der Waals surface area contributed by atoms with E-state index in [0.717, 1.165) is 27.0 Å². The molecule has 1 atom stereocenters. The maximum absolute atomic E-state index is 12.8. The maximum atomic E-state index is 12.8. The molecule has 2 aromatic rings. The Balaban J connectivity index is 1.76. The molecule has 1 saturated heterocycles. The first-order valence-electron chi connectivity index (χ1n) is 8.13. The molecule has 6 heteroatoms. The number of nitrogens with zero attached hydrogens (tertiary/aromatic N) is 2. The number of imide groups is 1. The van der Waals surface area contributed by atoms with Crippen LogP contribution in [0.3, 0.4) is 0 Å². The maximum Gasteiger partial charge on any atom is 0.280 e. The molecule has 0 N–H and O–H groups in total. The summed E-state index contributed by atoms with van der Waals surface area (Å²) in [7, 11) is 0. The van der Waals surface area contributed by atoms with Gasteiger partial charge in [-0.15, -0.1) is 0 Å². The summed E-state index contributed by atoms with van der Waals surface area (Å²) in [6.45, 7) is 0. The Morgan fingerprint density at radius 2 is 1.48 bits per heavy atom. The van der Waals surface area contributed by atoms with E-state index >= 15 is 0 Å². The molecule has 5 nitrogen and oxygen atoms in total. The molecule has 0 radical (unpaired) electrons. The standard InChI is InChI=1S/C19H15IN2O3/c20-13-10-8-12(9-11-13)16-6-3-7-17(23)21(16)22-18(24)14-4-1-2-5-15(14)19(22)25/h1-2,4-5,8-11,16H,3,6-7H2. The zero-order valence-corrected chi connectivity index (χ0v) is 15.5. The molecule has 2 aliphatic rings. The summed E-state index contributed by atoms with van der Waals surface area (Å²) in [5, 5.41) is 2.41. The van der Waals surface area contributed by atoms with E-state index in [-0.39, 0.29) is 11.9 Å². The summed E-state index contributed by atoms with van der Waals surface area (Å²) >= 11 is 2.22. The van der Waals surface area contributed by atoms with Crippen LogP contribution in [0.1, 0.15) is 51.6 Å². The van der Waals surface area contributed by atoms with Crippen molar-refractivity contribution >= 4 is 40.3 Å². The van der Waals surface area contributed by atoms with Crippen LogP contribution in [0.2, 0.25) is 0 Å². The number of amides is 3. The second-order valence-electron chi connectivity index (χ2n) is 6.17. The van der Waals surface area contributed by atoms with Crippen molar-refractivity contribution in [3.63, 3.8) is 0 Å². The number of hydrogen-bond acceptors (Lipinski definition) is 3. The first kappa shape index (κ1) is 16.3. The number of carbonyl (C=O) groups excluding carboxylic acids is 3. The lowest BCUT2D eigenvalue weighted by Crippen LogP contribution is -2.52. The lowest BCUT2D eigenvalue weighted by molar-refractivity contribution is -0.150. The molecule has 0 saturated carbocycles. The monoisotopic (exact) mass is 446 g/mol. The topological polar surface area (TPSA) is 57.7 Å². The van der Waals surface area contributed by atoms with Gasteiger partial charge in [0, 0.05) is 9.99 Å². The fourth-order valence-electron chi connectivity index (χ4n) is 3.47. The number of piperidine rings is 1. The largest absolute Gasteiger partial charge is 0.280 e. The van der Waals surface area contributed by atoms with Gasteiger partial charge >= 0.3 is 0 Å². The van der Waals surface area contributed by atoms with E-state index in [2.05, 4.69) is 22.6 Å². The van der Waals surface area contributed by atoms with E-state index in [0.29, 0.717) is 17.5 Å². The summed E-state index contributed by atoms with van der Waals surface area (Å²) in [4.78, 5) is 38.2. The van der Waals surface area contributed by atoms with Crippen molar-refractivity contribution < 1.29 is 14.4 Å². The van der Waals surface area contributed by atoms with Gasteiger partial charge in [0.15, 0.2) is 0 Å². The molecule has 1 fully saturated rings. The zero-order chi connectivity index (χ0) is 17.6. The molecule has 4 rings (SSSR count). The number of hydrogen-bond donors (Lipinski definition) is 0. The van der Waals surface area contributed by atoms with Crippen LogP contribution in [-0.2, 0) is 4.79 Å². The third-order valence-electron chi connectivity index (χ3n) is 4.66. The average Bonchev–Trinajstić information content (AvgIpc) is 2.87. The highest BCUT2D eigenvalue weighted by molar-refractivity contribution is 14.1. The van der Waals surface area contributed by atoms with Crippen LogP contribution in [0, 0.1) is 3.57 Å². The zero-order valence-electron chi connectivity index (χ0n) is 13.3. The number of fused-ring (bicyclic) bond motifs is 1. The lowest BCUT2D eigenvalue weighted by Gasteiger charge is -2.40. The normalized spacial score (nSPS) is 20.2. The molecule has 0 bridgehead atoms. The fourth-order valence-corrected chi connectivity index (χ4v) is 3.83. The van der Waals surface area contributed by atoms with Crippen molar-refractivity contribution in [3.05, 3.63) is 68.8 Å². The number of benzene rings is 2. The van der Waals surface area contributed by atoms with Crippen molar-refractivity contribution in [3.8, 4) is 0 Å². The van der Waals surface area contributed by atoms with Gasteiger partial charge in [-0.1, -0.05) is 24.3 Å². The molecule has 2 heterocycles. The van der Waals surface area contributed by atoms with Crippen LogP contribution in [0.25, 0.3) is 0 Å². The van der Waals surface area contributed by atoms with Gasteiger partial charge in [-0.25, -0.2) is 5.01 Å². The van der Waals surface area contributed by atoms with Crippen molar-refractivity contribution in [2.45, 2.75) is 25.3 Å². The van der Waals surface area contributed by atoms with Crippen LogP contribution in [0.5, 0.6) is 0 Å². The third kappa shape index (κ3) is 2.64. The van der Waals surface area contributed by atoms with E-state index in [4.69, 9.17) is 0 Å². The Bertz CT molecular complexity index is 843. The quantitative estimate of drug-likeness (QED) is 0.524. The summed E-state index contributed by atoms with van der Waals surface area (Å²) in [5.74, 6) is -1.04. The molecular formula is C19H15IN2O3. The molecule has 3 amide bonds. The Kier molecular flexibility index (Phi) is 4.07. The minimum absolute atomic E-state index is 0.190. The van der Waals surface area contributed by atoms with Crippen molar-refractivity contribution in [2.75, 3.05) is 0 Å². The number of hydrazine groups is 1. The molecule has 2 aliphatic heterocycles. The van der Waals surface area contributed by atoms with E-state index < -0.39 is 11.8 Å². The van der Waals surface area contributed by atoms with E-state index in [1.165, 1.54) is 5.01 Å². The minimum Gasteiger partial charge on any atom is -0.273 e. The van der Waals surface area contributed by atoms with Gasteiger partial charge in [0.2, 0.25) is 5.91 Å². The van der Waals surface area contributed by atoms with Crippen LogP contribution in [0.15, 0.2) is 48.5 Å². The Morgan fingerprint density at radius 3 is 2.08 bits per heavy atom. The highest BCUT2D eigenvalue weighted by Crippen LogP contribution is 2.36. The van der Waals surface area contributed by atoms with E-state index in [1.54, 1.807) is 24.3 Å². The Morgan fingerprint density at radius 1 is 0.880 bits per heavy atom. The molecule has 126 valence electrons. The summed E-state index contributed by atoms with van der Waals surface area (Å²) in [5.41, 5.74) is 1.64. The van der Waals surface area contributed by atoms with Crippen LogP contribution < -0.4 is 0 Å². The molecule has 2 aromatic carbocycles. The molecular weight excluding hydrogens is 431 g/mol. The minimum atomic E-state index is -0.425. The molecule has 1 unspecified atom stereocenters. The van der Waals surface area contributed by atoms with Gasteiger partial charge < -0.3 is 0 Å². The van der Waals surface area contributed by atoms with Crippen molar-refractivity contribution in [2.24, 2.45) is 0 Å². The van der Waals surface area contributed by atoms with Crippen molar-refractivity contribution in [1.82, 2.24) is 10.0 Å². The highest BCUT2D eigenvalue weighted by atomic mass is 127. The third-order valence-corrected chi connectivity index (χ3v) is 5.38. The molecule has 25 heavy (non-hydrogen) atoms. The van der Waals surface area contributed by atoms with Crippen LogP contribution in [-0.4, -0.2) is 27.7 Å². The van der Waals surface area contributed by atoms with Gasteiger partial charge in [-0.3, -0.25) is 14.4 Å². The van der Waals surface area contributed by atoms with Gasteiger partial charge in [0.05, 0.1) is 17.2 Å². The summed E-state index contributed by atoms with van der Waals surface area (Å²) in [6, 6.07) is 14.2. The van der Waals surface area contributed by atoms with Gasteiger partial charge in [0.25, 0.3) is 11.8 Å². The number of carbonyl (C=O) groups is 3. The predicted molar refractivity (Wildman–Crippen MR) is 99.5 cm³/mol. The van der Waals surface area contributed by atoms with Crippen molar-refractivity contribution in [1.29, 1.82) is 0 Å². The van der Waals surface area contributed by atoms with Gasteiger partial charge in [-0.2, -0.15) is 5.01 Å². The average molecular weight is 446 g/mol. The molecule has 0 aromatic heterocycles. The smallest absolute Gasteiger partial charge is 0.273 e. The van der Waals surface area contributed by atoms with E-state index in [9.17, 15) is 14.4 Å². The van der Waals surface area contributed by atoms with Crippen LogP contribution >= 0.6 is 22.6 Å². The summed E-state index contributed by atoms with van der Waals surface area (Å²) in [6.07, 6.45) is 1.81. The summed E-state index contributed by atoms with van der Waals surface area (Å²) < 4.78 is 1.09. The highest BCUT2D eigenvalue weighted by Gasteiger charge is 2.45. The molecule has 0 spiro atoms.